The van der Waals surface area contributed by atoms with E-state index in [0.717, 1.165) is 4.90 Å². The summed E-state index contributed by atoms with van der Waals surface area (Å²) in [7, 11) is 0. The summed E-state index contributed by atoms with van der Waals surface area (Å²) in [6.45, 7) is 10.2. The fraction of sp³-hybridized carbons (Fsp3) is 0.630. The zero-order valence-corrected chi connectivity index (χ0v) is 24.6. The van der Waals surface area contributed by atoms with Crippen molar-refractivity contribution in [1.82, 2.24) is 4.90 Å². The fourth-order valence-corrected chi connectivity index (χ4v) is 4.54. The van der Waals surface area contributed by atoms with Crippen LogP contribution in [0.4, 0.5) is 15.3 Å². The Kier molecular flexibility index (Phi) is 10.3. The number of carbonyl (C=O) groups excluding carboxylic acids is 3. The molecule has 1 aromatic rings. The number of carboxylic acids is 1. The number of thioether (sulfide) groups is 1. The second kappa shape index (κ2) is 12.5. The smallest absolute Gasteiger partial charge is 0.414 e. The number of hydrogen-bond acceptors (Lipinski definition) is 9. The number of amides is 2. The summed E-state index contributed by atoms with van der Waals surface area (Å²) < 4.78 is 16.8. The normalized spacial score (nSPS) is 19.4. The first kappa shape index (κ1) is 32.2. The number of benzene rings is 1. The molecule has 1 fully saturated rings. The topological polar surface area (TPSA) is 157 Å². The third-order valence-electron chi connectivity index (χ3n) is 5.91. The summed E-state index contributed by atoms with van der Waals surface area (Å²) in [5.74, 6) is -1.49. The van der Waals surface area contributed by atoms with Gasteiger partial charge in [-0.1, -0.05) is 12.1 Å². The van der Waals surface area contributed by atoms with Crippen molar-refractivity contribution < 1.29 is 38.5 Å². The van der Waals surface area contributed by atoms with Crippen molar-refractivity contribution in [3.8, 4) is 0 Å². The molecule has 12 heteroatoms. The number of rotatable bonds is 8. The van der Waals surface area contributed by atoms with E-state index in [0.29, 0.717) is 24.2 Å². The lowest BCUT2D eigenvalue weighted by atomic mass is 9.88. The molecule has 1 aliphatic rings. The molecule has 2 amide bonds. The highest BCUT2D eigenvalue weighted by Gasteiger charge is 2.55. The highest BCUT2D eigenvalue weighted by molar-refractivity contribution is 7.98. The van der Waals surface area contributed by atoms with E-state index >= 15 is 0 Å². The maximum atomic E-state index is 13.5. The van der Waals surface area contributed by atoms with E-state index in [1.54, 1.807) is 41.5 Å². The summed E-state index contributed by atoms with van der Waals surface area (Å²) >= 11 is 1.49. The van der Waals surface area contributed by atoms with Gasteiger partial charge in [0.2, 0.25) is 0 Å². The first-order chi connectivity index (χ1) is 17.9. The van der Waals surface area contributed by atoms with E-state index in [9.17, 15) is 24.3 Å². The van der Waals surface area contributed by atoms with Crippen molar-refractivity contribution in [2.45, 2.75) is 89.7 Å². The Balaban J connectivity index is 2.34. The standard InChI is InChI=1S/C27H41N3O8S/c1-24(2,3)36-21(33)27(14-8-9-16-30(27)23(35)38-25(4,5)6)37-22(34)29-19-12-10-18(11-13-19)26(28,20(31)32)15-17-39-7/h10-13H,8-9,14-17,28H2,1-7H3,(H,29,34)(H,31,32). The number of carbonyl (C=O) groups is 4. The van der Waals surface area contributed by atoms with Crippen molar-refractivity contribution >= 4 is 41.6 Å². The van der Waals surface area contributed by atoms with Crippen molar-refractivity contribution in [1.29, 1.82) is 0 Å². The SMILES string of the molecule is CSCCC(N)(C(=O)O)c1ccc(NC(=O)OC2(C(=O)OC(C)(C)C)CCCCN2C(=O)OC(C)(C)C)cc1. The number of nitrogens with two attached hydrogens (primary N) is 1. The zero-order chi connectivity index (χ0) is 29.6. The van der Waals surface area contributed by atoms with Gasteiger partial charge in [0.1, 0.15) is 16.7 Å². The van der Waals surface area contributed by atoms with Crippen LogP contribution in [0.15, 0.2) is 24.3 Å². The molecule has 2 rings (SSSR count). The fourth-order valence-electron chi connectivity index (χ4n) is 4.01. The molecule has 11 nitrogen and oxygen atoms in total. The number of esters is 1. The number of nitrogens with zero attached hydrogens (tertiary/aromatic N) is 1. The molecule has 0 aromatic heterocycles. The van der Waals surface area contributed by atoms with E-state index in [2.05, 4.69) is 5.32 Å². The number of hydrogen-bond donors (Lipinski definition) is 3. The molecule has 0 saturated carbocycles. The molecule has 0 spiro atoms. The predicted octanol–water partition coefficient (Wildman–Crippen LogP) is 4.69. The van der Waals surface area contributed by atoms with Gasteiger partial charge in [-0.05, 0) is 90.5 Å². The minimum Gasteiger partial charge on any atom is -0.480 e. The molecule has 0 aliphatic carbocycles. The Morgan fingerprint density at radius 1 is 1.03 bits per heavy atom. The minimum absolute atomic E-state index is 0.0251. The monoisotopic (exact) mass is 567 g/mol. The second-order valence-corrected chi connectivity index (χ2v) is 12.5. The minimum atomic E-state index is -2.04. The van der Waals surface area contributed by atoms with Crippen molar-refractivity contribution in [3.05, 3.63) is 29.8 Å². The maximum Gasteiger partial charge on any atom is 0.414 e. The molecule has 1 aromatic carbocycles. The molecule has 39 heavy (non-hydrogen) atoms. The van der Waals surface area contributed by atoms with Crippen LogP contribution in [0.3, 0.4) is 0 Å². The van der Waals surface area contributed by atoms with Crippen LogP contribution in [0.2, 0.25) is 0 Å². The summed E-state index contributed by atoms with van der Waals surface area (Å²) in [5, 5.41) is 12.3. The van der Waals surface area contributed by atoms with Gasteiger partial charge in [-0.3, -0.25) is 10.2 Å². The van der Waals surface area contributed by atoms with Gasteiger partial charge in [0.05, 0.1) is 0 Å². The van der Waals surface area contributed by atoms with Crippen LogP contribution in [0, 0.1) is 0 Å². The van der Waals surface area contributed by atoms with Gasteiger partial charge >= 0.3 is 24.1 Å². The molecule has 1 aliphatic heterocycles. The largest absolute Gasteiger partial charge is 0.480 e. The van der Waals surface area contributed by atoms with E-state index in [1.807, 2.05) is 6.26 Å². The van der Waals surface area contributed by atoms with Crippen LogP contribution in [-0.2, 0) is 29.3 Å². The summed E-state index contributed by atoms with van der Waals surface area (Å²) in [5.41, 5.74) is 1.46. The summed E-state index contributed by atoms with van der Waals surface area (Å²) in [6, 6.07) is 6.02. The second-order valence-electron chi connectivity index (χ2n) is 11.5. The lowest BCUT2D eigenvalue weighted by Gasteiger charge is -2.44. The van der Waals surface area contributed by atoms with Crippen LogP contribution >= 0.6 is 11.8 Å². The lowest BCUT2D eigenvalue weighted by Crippen LogP contribution is -2.64. The number of piperidine rings is 1. The molecule has 4 N–H and O–H groups in total. The van der Waals surface area contributed by atoms with Crippen LogP contribution in [-0.4, -0.2) is 69.6 Å². The Morgan fingerprint density at radius 3 is 2.13 bits per heavy atom. The molecule has 218 valence electrons. The lowest BCUT2D eigenvalue weighted by molar-refractivity contribution is -0.202. The number of carboxylic acid groups (broad SMARTS) is 1. The van der Waals surface area contributed by atoms with Gasteiger partial charge in [0.15, 0.2) is 0 Å². The third kappa shape index (κ3) is 8.50. The van der Waals surface area contributed by atoms with Crippen LogP contribution in [0.5, 0.6) is 0 Å². The Morgan fingerprint density at radius 2 is 1.62 bits per heavy atom. The highest BCUT2D eigenvalue weighted by atomic mass is 32.2. The molecule has 2 atom stereocenters. The Labute approximate surface area is 234 Å². The summed E-state index contributed by atoms with van der Waals surface area (Å²) in [4.78, 5) is 52.7. The molecule has 2 unspecified atom stereocenters. The van der Waals surface area contributed by atoms with E-state index in [1.165, 1.54) is 36.0 Å². The van der Waals surface area contributed by atoms with Gasteiger partial charge < -0.3 is 25.1 Å². The molecule has 0 radical (unpaired) electrons. The van der Waals surface area contributed by atoms with Crippen LogP contribution in [0.1, 0.15) is 72.8 Å². The number of aliphatic carboxylic acids is 1. The van der Waals surface area contributed by atoms with Gasteiger partial charge in [0, 0.05) is 18.7 Å². The van der Waals surface area contributed by atoms with Crippen LogP contribution in [0.25, 0.3) is 0 Å². The highest BCUT2D eigenvalue weighted by Crippen LogP contribution is 2.34. The molecule has 1 saturated heterocycles. The number of nitrogens with one attached hydrogen (secondary N) is 1. The Bertz CT molecular complexity index is 1050. The van der Waals surface area contributed by atoms with Gasteiger partial charge in [-0.15, -0.1) is 0 Å². The maximum absolute atomic E-state index is 13.5. The Hall–Kier alpha value is -2.99. The van der Waals surface area contributed by atoms with Crippen molar-refractivity contribution in [2.75, 3.05) is 23.9 Å². The number of anilines is 1. The number of ether oxygens (including phenoxy) is 3. The van der Waals surface area contributed by atoms with E-state index in [-0.39, 0.29) is 25.1 Å². The predicted molar refractivity (Wildman–Crippen MR) is 148 cm³/mol. The van der Waals surface area contributed by atoms with Crippen molar-refractivity contribution in [2.24, 2.45) is 5.73 Å². The zero-order valence-electron chi connectivity index (χ0n) is 23.8. The average Bonchev–Trinajstić information content (AvgIpc) is 2.80. The summed E-state index contributed by atoms with van der Waals surface area (Å²) in [6.07, 6.45) is 1.39. The van der Waals surface area contributed by atoms with Gasteiger partial charge in [0.25, 0.3) is 5.72 Å². The quantitative estimate of drug-likeness (QED) is 0.297. The first-order valence-electron chi connectivity index (χ1n) is 12.8. The van der Waals surface area contributed by atoms with Gasteiger partial charge in [-0.2, -0.15) is 11.8 Å². The number of likely N-dealkylation sites (tertiary alicyclic amines) is 1. The molecule has 1 heterocycles. The molecular weight excluding hydrogens is 526 g/mol. The van der Waals surface area contributed by atoms with E-state index in [4.69, 9.17) is 19.9 Å². The van der Waals surface area contributed by atoms with E-state index < -0.39 is 46.6 Å². The van der Waals surface area contributed by atoms with Gasteiger partial charge in [-0.25, -0.2) is 19.2 Å². The molecular formula is C27H41N3O8S. The van der Waals surface area contributed by atoms with Crippen LogP contribution < -0.4 is 11.1 Å². The average molecular weight is 568 g/mol. The first-order valence-corrected chi connectivity index (χ1v) is 14.2. The third-order valence-corrected chi connectivity index (χ3v) is 6.52. The molecule has 0 bridgehead atoms. The van der Waals surface area contributed by atoms with Crippen molar-refractivity contribution in [3.63, 3.8) is 0 Å².